The van der Waals surface area contributed by atoms with E-state index in [1.165, 1.54) is 23.7 Å². The van der Waals surface area contributed by atoms with E-state index in [1.54, 1.807) is 5.57 Å². The van der Waals surface area contributed by atoms with Crippen LogP contribution in [0.2, 0.25) is 0 Å². The Kier molecular flexibility index (Phi) is 4.37. The second kappa shape index (κ2) is 5.13. The minimum atomic E-state index is 0.0884. The zero-order chi connectivity index (χ0) is 7.23. The van der Waals surface area contributed by atoms with Gasteiger partial charge >= 0.3 is 73.6 Å². The van der Waals surface area contributed by atoms with Crippen molar-refractivity contribution in [3.8, 4) is 0 Å². The molecule has 2 heteroatoms. The van der Waals surface area contributed by atoms with Crippen molar-refractivity contribution in [2.45, 2.75) is 26.2 Å². The first-order valence-electron chi connectivity index (χ1n) is 3.82. The molecule has 0 saturated carbocycles. The topological polar surface area (TPSA) is 9.23 Å². The zero-order valence-corrected chi connectivity index (χ0v) is 8.56. The molecule has 0 aromatic heterocycles. The van der Waals surface area contributed by atoms with Crippen molar-refractivity contribution in [3.63, 3.8) is 0 Å². The molecule has 10 heavy (non-hydrogen) atoms. The van der Waals surface area contributed by atoms with Gasteiger partial charge in [-0.05, 0) is 0 Å². The molecule has 60 valence electrons. The van der Waals surface area contributed by atoms with Crippen molar-refractivity contribution < 1.29 is 24.7 Å². The van der Waals surface area contributed by atoms with E-state index in [1.807, 2.05) is 0 Å². The summed E-state index contributed by atoms with van der Waals surface area (Å²) in [7, 11) is 0. The molecule has 0 radical (unpaired) electrons. The van der Waals surface area contributed by atoms with Crippen molar-refractivity contribution in [2.75, 3.05) is 11.0 Å². The summed E-state index contributed by atoms with van der Waals surface area (Å²) in [6, 6.07) is 0. The standard InChI is InChI=1S/C8H14IO/c1-2-3-4-8-5-6-10-9-7-8/h4H,2-3,5-7H2,1H3/q-1/b8-4+. The summed E-state index contributed by atoms with van der Waals surface area (Å²) in [6.07, 6.45) is 6.14. The van der Waals surface area contributed by atoms with Crippen LogP contribution in [-0.2, 0) is 3.07 Å². The van der Waals surface area contributed by atoms with Gasteiger partial charge in [0.15, 0.2) is 0 Å². The Morgan fingerprint density at radius 1 is 1.70 bits per heavy atom. The van der Waals surface area contributed by atoms with Crippen LogP contribution in [0.15, 0.2) is 11.6 Å². The van der Waals surface area contributed by atoms with Gasteiger partial charge in [0.05, 0.1) is 0 Å². The molecular weight excluding hydrogens is 239 g/mol. The Labute approximate surface area is 73.6 Å². The molecule has 1 saturated heterocycles. The van der Waals surface area contributed by atoms with Gasteiger partial charge in [-0.3, -0.25) is 0 Å². The summed E-state index contributed by atoms with van der Waals surface area (Å²) in [5, 5.41) is 0. The molecule has 0 amide bonds. The number of halogens is 1. The fourth-order valence-corrected chi connectivity index (χ4v) is 2.75. The Bertz CT molecular complexity index is 112. The summed E-state index contributed by atoms with van der Waals surface area (Å²) in [5.74, 6) is 0. The van der Waals surface area contributed by atoms with E-state index in [0.29, 0.717) is 0 Å². The van der Waals surface area contributed by atoms with Crippen LogP contribution in [0.4, 0.5) is 0 Å². The fourth-order valence-electron chi connectivity index (χ4n) is 0.905. The van der Waals surface area contributed by atoms with E-state index in [0.717, 1.165) is 6.61 Å². The average Bonchev–Trinajstić information content (AvgIpc) is 2.03. The summed E-state index contributed by atoms with van der Waals surface area (Å²) in [4.78, 5) is 0. The van der Waals surface area contributed by atoms with Gasteiger partial charge in [-0.25, -0.2) is 0 Å². The summed E-state index contributed by atoms with van der Waals surface area (Å²) in [5.41, 5.74) is 1.65. The number of hydrogen-bond acceptors (Lipinski definition) is 1. The first-order chi connectivity index (χ1) is 4.93. The van der Waals surface area contributed by atoms with E-state index in [-0.39, 0.29) is 21.6 Å². The molecule has 0 aromatic carbocycles. The van der Waals surface area contributed by atoms with Crippen LogP contribution in [0.25, 0.3) is 0 Å². The van der Waals surface area contributed by atoms with Gasteiger partial charge in [0, 0.05) is 0 Å². The number of rotatable bonds is 2. The molecule has 0 unspecified atom stereocenters. The third kappa shape index (κ3) is 3.01. The normalized spacial score (nSPS) is 24.3. The molecule has 0 spiro atoms. The second-order valence-corrected chi connectivity index (χ2v) is 4.47. The van der Waals surface area contributed by atoms with Crippen molar-refractivity contribution in [2.24, 2.45) is 0 Å². The van der Waals surface area contributed by atoms with Crippen LogP contribution in [-0.4, -0.2) is 11.0 Å². The third-order valence-electron chi connectivity index (χ3n) is 1.53. The summed E-state index contributed by atoms with van der Waals surface area (Å²) < 4.78 is 6.63. The molecular formula is C8H14IO-. The third-order valence-corrected chi connectivity index (χ3v) is 3.70. The van der Waals surface area contributed by atoms with Gasteiger partial charge in [-0.1, -0.05) is 0 Å². The Morgan fingerprint density at radius 2 is 2.60 bits per heavy atom. The maximum atomic E-state index is 5.35. The van der Waals surface area contributed by atoms with Crippen molar-refractivity contribution in [3.05, 3.63) is 11.6 Å². The van der Waals surface area contributed by atoms with Crippen molar-refractivity contribution in [1.29, 1.82) is 0 Å². The zero-order valence-electron chi connectivity index (χ0n) is 6.40. The molecule has 0 N–H and O–H groups in total. The van der Waals surface area contributed by atoms with Gasteiger partial charge in [-0.15, -0.1) is 0 Å². The van der Waals surface area contributed by atoms with E-state index >= 15 is 0 Å². The Morgan fingerprint density at radius 3 is 3.20 bits per heavy atom. The molecule has 1 aliphatic rings. The van der Waals surface area contributed by atoms with Crippen LogP contribution in [0.5, 0.6) is 0 Å². The van der Waals surface area contributed by atoms with E-state index < -0.39 is 0 Å². The molecule has 0 atom stereocenters. The SMILES string of the molecule is CCC/C=C1\CCO[I-]C1. The van der Waals surface area contributed by atoms with Crippen molar-refractivity contribution in [1.82, 2.24) is 0 Å². The predicted molar refractivity (Wildman–Crippen MR) is 38.4 cm³/mol. The second-order valence-electron chi connectivity index (χ2n) is 2.46. The van der Waals surface area contributed by atoms with Crippen molar-refractivity contribution >= 4 is 0 Å². The fraction of sp³-hybridized carbons (Fsp3) is 0.750. The Hall–Kier alpha value is 0.430. The molecule has 1 rings (SSSR count). The number of unbranched alkanes of at least 4 members (excludes halogenated alkanes) is 1. The monoisotopic (exact) mass is 253 g/mol. The number of hydrogen-bond donors (Lipinski definition) is 0. The first kappa shape index (κ1) is 8.53. The summed E-state index contributed by atoms with van der Waals surface area (Å²) in [6.45, 7) is 3.22. The van der Waals surface area contributed by atoms with Gasteiger partial charge in [0.25, 0.3) is 0 Å². The first-order valence-corrected chi connectivity index (χ1v) is 6.23. The molecule has 0 aliphatic carbocycles. The molecule has 1 aliphatic heterocycles. The van der Waals surface area contributed by atoms with Gasteiger partial charge in [0.2, 0.25) is 0 Å². The quantitative estimate of drug-likeness (QED) is 0.353. The molecule has 1 fully saturated rings. The maximum absolute atomic E-state index is 5.35. The van der Waals surface area contributed by atoms with Gasteiger partial charge in [-0.2, -0.15) is 0 Å². The van der Waals surface area contributed by atoms with Gasteiger partial charge < -0.3 is 0 Å². The summed E-state index contributed by atoms with van der Waals surface area (Å²) >= 11 is 0.0884. The van der Waals surface area contributed by atoms with Crippen LogP contribution in [0, 0.1) is 0 Å². The van der Waals surface area contributed by atoms with E-state index in [9.17, 15) is 0 Å². The molecule has 0 aromatic rings. The van der Waals surface area contributed by atoms with Crippen LogP contribution in [0.1, 0.15) is 26.2 Å². The molecule has 0 bridgehead atoms. The minimum absolute atomic E-state index is 0.0884. The predicted octanol–water partition coefficient (Wildman–Crippen LogP) is -0.863. The van der Waals surface area contributed by atoms with E-state index in [4.69, 9.17) is 3.07 Å². The van der Waals surface area contributed by atoms with Gasteiger partial charge in [0.1, 0.15) is 0 Å². The van der Waals surface area contributed by atoms with E-state index in [2.05, 4.69) is 13.0 Å². The molecule has 1 nitrogen and oxygen atoms in total. The number of alkyl halides is 1. The Balaban J connectivity index is 2.23. The molecule has 1 heterocycles. The van der Waals surface area contributed by atoms with Crippen LogP contribution >= 0.6 is 0 Å². The number of allylic oxidation sites excluding steroid dienone is 1. The van der Waals surface area contributed by atoms with Crippen LogP contribution < -0.4 is 21.6 Å². The average molecular weight is 253 g/mol. The van der Waals surface area contributed by atoms with Crippen LogP contribution in [0.3, 0.4) is 0 Å².